The minimum Gasteiger partial charge on any atom is -0.457 e. The van der Waals surface area contributed by atoms with Crippen LogP contribution < -0.4 is 20.7 Å². The molecule has 0 spiro atoms. The lowest BCUT2D eigenvalue weighted by atomic mass is 10.0. The van der Waals surface area contributed by atoms with Crippen LogP contribution in [-0.4, -0.2) is 49.1 Å². The summed E-state index contributed by atoms with van der Waals surface area (Å²) in [5, 5.41) is 8.73. The van der Waals surface area contributed by atoms with E-state index in [2.05, 4.69) is 20.9 Å². The molecule has 7 heteroatoms. The fourth-order valence-corrected chi connectivity index (χ4v) is 3.65. The molecule has 3 amide bonds. The molecule has 0 unspecified atom stereocenters. The first-order valence-corrected chi connectivity index (χ1v) is 11.4. The number of rotatable bonds is 10. The number of likely N-dealkylation sites (tertiary alicyclic amines) is 1. The maximum atomic E-state index is 12.5. The van der Waals surface area contributed by atoms with Crippen LogP contribution in [0.3, 0.4) is 0 Å². The Bertz CT molecular complexity index is 849. The smallest absolute Gasteiger partial charge is 0.319 e. The largest absolute Gasteiger partial charge is 0.457 e. The molecule has 0 aliphatic carbocycles. The fraction of sp³-hybridized carbons (Fsp3) is 0.440. The first-order chi connectivity index (χ1) is 15.5. The summed E-state index contributed by atoms with van der Waals surface area (Å²) in [4.78, 5) is 27.2. The Hall–Kier alpha value is -3.06. The summed E-state index contributed by atoms with van der Waals surface area (Å²) < 4.78 is 5.77. The van der Waals surface area contributed by atoms with E-state index in [1.165, 1.54) is 12.8 Å². The van der Waals surface area contributed by atoms with Gasteiger partial charge >= 0.3 is 6.03 Å². The Morgan fingerprint density at radius 3 is 2.28 bits per heavy atom. The van der Waals surface area contributed by atoms with Crippen LogP contribution >= 0.6 is 0 Å². The van der Waals surface area contributed by atoms with E-state index in [9.17, 15) is 9.59 Å². The molecular formula is C25H34N4O3. The van der Waals surface area contributed by atoms with E-state index in [0.717, 1.165) is 25.4 Å². The van der Waals surface area contributed by atoms with Gasteiger partial charge in [0.05, 0.1) is 0 Å². The van der Waals surface area contributed by atoms with Crippen molar-refractivity contribution in [3.63, 3.8) is 0 Å². The normalized spacial score (nSPS) is 14.7. The molecule has 0 aromatic heterocycles. The number of nitrogens with zero attached hydrogens (tertiary/aromatic N) is 1. The average Bonchev–Trinajstić information content (AvgIpc) is 3.29. The van der Waals surface area contributed by atoms with E-state index in [4.69, 9.17) is 4.74 Å². The zero-order valence-corrected chi connectivity index (χ0v) is 19.0. The van der Waals surface area contributed by atoms with Crippen molar-refractivity contribution >= 4 is 17.6 Å². The number of benzene rings is 2. The Kier molecular flexibility index (Phi) is 8.92. The van der Waals surface area contributed by atoms with Crippen molar-refractivity contribution in [1.29, 1.82) is 0 Å². The zero-order chi connectivity index (χ0) is 22.8. The van der Waals surface area contributed by atoms with Crippen LogP contribution in [0.1, 0.15) is 33.1 Å². The Morgan fingerprint density at radius 2 is 1.62 bits per heavy atom. The maximum Gasteiger partial charge on any atom is 0.319 e. The molecule has 3 N–H and O–H groups in total. The highest BCUT2D eigenvalue weighted by molar-refractivity contribution is 5.90. The quantitative estimate of drug-likeness (QED) is 0.519. The third-order valence-corrected chi connectivity index (χ3v) is 5.57. The molecule has 1 aliphatic heterocycles. The number of carbonyl (C=O) groups is 2. The van der Waals surface area contributed by atoms with Crippen LogP contribution in [0.15, 0.2) is 54.6 Å². The molecule has 1 atom stereocenters. The summed E-state index contributed by atoms with van der Waals surface area (Å²) in [5.74, 6) is 1.54. The van der Waals surface area contributed by atoms with Crippen molar-refractivity contribution in [2.45, 2.75) is 39.2 Å². The molecule has 0 saturated carbocycles. The van der Waals surface area contributed by atoms with Crippen molar-refractivity contribution < 1.29 is 14.3 Å². The van der Waals surface area contributed by atoms with E-state index in [-0.39, 0.29) is 30.3 Å². The summed E-state index contributed by atoms with van der Waals surface area (Å²) in [6, 6.07) is 16.1. The van der Waals surface area contributed by atoms with Gasteiger partial charge in [-0.15, -0.1) is 0 Å². The Morgan fingerprint density at radius 1 is 0.969 bits per heavy atom. The number of urea groups is 1. The van der Waals surface area contributed by atoms with Gasteiger partial charge in [-0.05, 0) is 68.2 Å². The van der Waals surface area contributed by atoms with E-state index >= 15 is 0 Å². The number of nitrogens with one attached hydrogen (secondary N) is 3. The molecule has 172 valence electrons. The highest BCUT2D eigenvalue weighted by atomic mass is 16.5. The second kappa shape index (κ2) is 12.1. The predicted molar refractivity (Wildman–Crippen MR) is 127 cm³/mol. The van der Waals surface area contributed by atoms with Crippen LogP contribution in [0, 0.1) is 5.92 Å². The summed E-state index contributed by atoms with van der Waals surface area (Å²) in [6.07, 6.45) is 2.74. The number of hydrogen-bond donors (Lipinski definition) is 3. The highest BCUT2D eigenvalue weighted by Crippen LogP contribution is 2.22. The molecular weight excluding hydrogens is 404 g/mol. The van der Waals surface area contributed by atoms with Gasteiger partial charge in [0.1, 0.15) is 11.5 Å². The molecule has 0 radical (unpaired) electrons. The van der Waals surface area contributed by atoms with Crippen molar-refractivity contribution in [3.8, 4) is 11.5 Å². The Balaban J connectivity index is 1.43. The second-order valence-corrected chi connectivity index (χ2v) is 8.49. The summed E-state index contributed by atoms with van der Waals surface area (Å²) in [5.41, 5.74) is 0.653. The third-order valence-electron chi connectivity index (χ3n) is 5.57. The average molecular weight is 439 g/mol. The first kappa shape index (κ1) is 23.6. The molecule has 1 fully saturated rings. The second-order valence-electron chi connectivity index (χ2n) is 8.49. The van der Waals surface area contributed by atoms with E-state index in [0.29, 0.717) is 18.0 Å². The summed E-state index contributed by atoms with van der Waals surface area (Å²) in [6.45, 7) is 7.76. The topological polar surface area (TPSA) is 82.7 Å². The van der Waals surface area contributed by atoms with Crippen LogP contribution in [0.5, 0.6) is 11.5 Å². The minimum absolute atomic E-state index is 0.0365. The van der Waals surface area contributed by atoms with Gasteiger partial charge in [-0.2, -0.15) is 0 Å². The molecule has 1 aliphatic rings. The third kappa shape index (κ3) is 7.89. The lowest BCUT2D eigenvalue weighted by molar-refractivity contribution is -0.121. The Labute approximate surface area is 190 Å². The van der Waals surface area contributed by atoms with Gasteiger partial charge in [0.15, 0.2) is 0 Å². The zero-order valence-electron chi connectivity index (χ0n) is 19.0. The molecule has 2 aromatic rings. The first-order valence-electron chi connectivity index (χ1n) is 11.4. The SMILES string of the molecule is CC(C)[C@@H](CC(=O)NCCN1CCCC1)NC(=O)Nc1ccc(Oc2ccccc2)cc1. The predicted octanol–water partition coefficient (Wildman–Crippen LogP) is 4.23. The van der Waals surface area contributed by atoms with Crippen molar-refractivity contribution in [2.75, 3.05) is 31.5 Å². The van der Waals surface area contributed by atoms with Gasteiger partial charge in [0.25, 0.3) is 0 Å². The number of carbonyl (C=O) groups excluding carboxylic acids is 2. The van der Waals surface area contributed by atoms with Gasteiger partial charge in [0, 0.05) is 31.2 Å². The number of anilines is 1. The van der Waals surface area contributed by atoms with E-state index in [1.807, 2.05) is 44.2 Å². The van der Waals surface area contributed by atoms with Crippen LogP contribution in [0.4, 0.5) is 10.5 Å². The number of hydrogen-bond acceptors (Lipinski definition) is 4. The van der Waals surface area contributed by atoms with E-state index < -0.39 is 0 Å². The lowest BCUT2D eigenvalue weighted by Gasteiger charge is -2.22. The minimum atomic E-state index is -0.328. The fourth-order valence-electron chi connectivity index (χ4n) is 3.65. The van der Waals surface area contributed by atoms with Gasteiger partial charge in [-0.1, -0.05) is 32.0 Å². The van der Waals surface area contributed by atoms with Crippen molar-refractivity contribution in [3.05, 3.63) is 54.6 Å². The molecule has 32 heavy (non-hydrogen) atoms. The molecule has 1 heterocycles. The van der Waals surface area contributed by atoms with Crippen molar-refractivity contribution in [2.24, 2.45) is 5.92 Å². The summed E-state index contributed by atoms with van der Waals surface area (Å²) in [7, 11) is 0. The number of para-hydroxylation sites is 1. The van der Waals surface area contributed by atoms with Gasteiger partial charge in [-0.25, -0.2) is 4.79 Å². The summed E-state index contributed by atoms with van der Waals surface area (Å²) >= 11 is 0. The lowest BCUT2D eigenvalue weighted by Crippen LogP contribution is -2.44. The van der Waals surface area contributed by atoms with Crippen LogP contribution in [-0.2, 0) is 4.79 Å². The van der Waals surface area contributed by atoms with Gasteiger partial charge < -0.3 is 25.6 Å². The molecule has 1 saturated heterocycles. The van der Waals surface area contributed by atoms with Gasteiger partial charge in [-0.3, -0.25) is 4.79 Å². The highest BCUT2D eigenvalue weighted by Gasteiger charge is 2.20. The van der Waals surface area contributed by atoms with Gasteiger partial charge in [0.2, 0.25) is 5.91 Å². The molecule has 0 bridgehead atoms. The molecule has 3 rings (SSSR count). The monoisotopic (exact) mass is 438 g/mol. The molecule has 7 nitrogen and oxygen atoms in total. The van der Waals surface area contributed by atoms with Crippen molar-refractivity contribution in [1.82, 2.24) is 15.5 Å². The van der Waals surface area contributed by atoms with E-state index in [1.54, 1.807) is 24.3 Å². The standard InChI is InChI=1S/C25H34N4O3/c1-19(2)23(18-24(30)26-14-17-29-15-6-7-16-29)28-25(31)27-20-10-12-22(13-11-20)32-21-8-4-3-5-9-21/h3-5,8-13,19,23H,6-7,14-18H2,1-2H3,(H,26,30)(H2,27,28,31)/t23-/m1/s1. The maximum absolute atomic E-state index is 12.5. The molecule has 2 aromatic carbocycles. The van der Waals surface area contributed by atoms with Crippen LogP contribution in [0.25, 0.3) is 0 Å². The van der Waals surface area contributed by atoms with Crippen LogP contribution in [0.2, 0.25) is 0 Å². The number of ether oxygens (including phenoxy) is 1. The number of amides is 3.